The molecule has 0 radical (unpaired) electrons. The molecule has 2 N–H and O–H groups in total. The molecule has 0 aromatic carbocycles. The zero-order valence-corrected chi connectivity index (χ0v) is 11.7. The fraction of sp³-hybridized carbons (Fsp3) is 0.600. The Balaban J connectivity index is 1.95. The highest BCUT2D eigenvalue weighted by molar-refractivity contribution is 5.93. The van der Waals surface area contributed by atoms with Gasteiger partial charge in [-0.3, -0.25) is 9.59 Å². The number of rotatable bonds is 3. The Kier molecular flexibility index (Phi) is 4.40. The second-order valence-corrected chi connectivity index (χ2v) is 5.63. The molecule has 0 saturated heterocycles. The molecule has 0 bridgehead atoms. The van der Waals surface area contributed by atoms with Crippen molar-refractivity contribution in [3.05, 3.63) is 33.7 Å². The number of nitrogens with one attached hydrogen (secondary N) is 2. The number of pyridine rings is 1. The molecule has 1 aliphatic rings. The monoisotopic (exact) mass is 262 g/mol. The van der Waals surface area contributed by atoms with Crippen molar-refractivity contribution in [1.29, 1.82) is 0 Å². The van der Waals surface area contributed by atoms with Gasteiger partial charge in [0.25, 0.3) is 5.91 Å². The van der Waals surface area contributed by atoms with Gasteiger partial charge in [-0.05, 0) is 25.2 Å². The quantitative estimate of drug-likeness (QED) is 0.877. The van der Waals surface area contributed by atoms with Crippen LogP contribution in [0.5, 0.6) is 0 Å². The second kappa shape index (κ2) is 6.04. The lowest BCUT2D eigenvalue weighted by Crippen LogP contribution is -2.35. The highest BCUT2D eigenvalue weighted by Crippen LogP contribution is 2.28. The summed E-state index contributed by atoms with van der Waals surface area (Å²) in [6, 6.07) is 1.46. The lowest BCUT2D eigenvalue weighted by molar-refractivity contribution is 0.0935. The van der Waals surface area contributed by atoms with E-state index in [-0.39, 0.29) is 16.9 Å². The number of H-pyrrole nitrogens is 1. The molecule has 0 aliphatic heterocycles. The molecule has 1 aromatic heterocycles. The van der Waals surface area contributed by atoms with Gasteiger partial charge in [0.1, 0.15) is 5.56 Å². The van der Waals surface area contributed by atoms with E-state index >= 15 is 0 Å². The Bertz CT molecular complexity index is 507. The maximum absolute atomic E-state index is 12.0. The van der Waals surface area contributed by atoms with Gasteiger partial charge in [0.15, 0.2) is 5.43 Å². The summed E-state index contributed by atoms with van der Waals surface area (Å²) in [5, 5.41) is 2.90. The highest BCUT2D eigenvalue weighted by atomic mass is 16.2. The van der Waals surface area contributed by atoms with E-state index in [0.717, 1.165) is 5.69 Å². The van der Waals surface area contributed by atoms with Crippen LogP contribution in [0.2, 0.25) is 0 Å². The van der Waals surface area contributed by atoms with Crippen LogP contribution < -0.4 is 10.7 Å². The van der Waals surface area contributed by atoms with Crippen LogP contribution in [0.1, 0.15) is 48.7 Å². The summed E-state index contributed by atoms with van der Waals surface area (Å²) in [6.07, 6.45) is 6.45. The van der Waals surface area contributed by atoms with Crippen LogP contribution in [0, 0.1) is 18.8 Å². The summed E-state index contributed by atoms with van der Waals surface area (Å²) < 4.78 is 0. The molecule has 19 heavy (non-hydrogen) atoms. The minimum atomic E-state index is -0.265. The van der Waals surface area contributed by atoms with E-state index in [9.17, 15) is 9.59 Å². The third-order valence-electron chi connectivity index (χ3n) is 4.12. The van der Waals surface area contributed by atoms with E-state index in [0.29, 0.717) is 18.4 Å². The fourth-order valence-electron chi connectivity index (χ4n) is 2.77. The number of aryl methyl sites for hydroxylation is 1. The summed E-state index contributed by atoms with van der Waals surface area (Å²) in [5.74, 6) is 0.937. The summed E-state index contributed by atoms with van der Waals surface area (Å²) in [4.78, 5) is 26.6. The smallest absolute Gasteiger partial charge is 0.256 e. The topological polar surface area (TPSA) is 62.0 Å². The largest absolute Gasteiger partial charge is 0.364 e. The molecule has 1 aromatic rings. The van der Waals surface area contributed by atoms with Gasteiger partial charge >= 0.3 is 0 Å². The van der Waals surface area contributed by atoms with Crippen molar-refractivity contribution in [3.8, 4) is 0 Å². The average molecular weight is 262 g/mol. The molecule has 1 fully saturated rings. The van der Waals surface area contributed by atoms with Crippen molar-refractivity contribution < 1.29 is 4.79 Å². The fourth-order valence-corrected chi connectivity index (χ4v) is 2.77. The number of hydrogen-bond acceptors (Lipinski definition) is 2. The van der Waals surface area contributed by atoms with Crippen LogP contribution in [-0.2, 0) is 0 Å². The van der Waals surface area contributed by atoms with Crippen LogP contribution in [0.4, 0.5) is 0 Å². The van der Waals surface area contributed by atoms with Crippen molar-refractivity contribution in [2.75, 3.05) is 6.54 Å². The Morgan fingerprint density at radius 3 is 2.84 bits per heavy atom. The first-order valence-corrected chi connectivity index (χ1v) is 7.05. The third-order valence-corrected chi connectivity index (χ3v) is 4.12. The van der Waals surface area contributed by atoms with E-state index in [4.69, 9.17) is 0 Å². The first-order chi connectivity index (χ1) is 9.08. The molecule has 2 rings (SSSR count). The Morgan fingerprint density at radius 1 is 1.42 bits per heavy atom. The molecular weight excluding hydrogens is 240 g/mol. The first kappa shape index (κ1) is 13.8. The lowest BCUT2D eigenvalue weighted by atomic mass is 9.80. The summed E-state index contributed by atoms with van der Waals surface area (Å²) in [7, 11) is 0. The molecule has 0 spiro atoms. The third kappa shape index (κ3) is 3.46. The number of aromatic nitrogens is 1. The van der Waals surface area contributed by atoms with Gasteiger partial charge in [-0.15, -0.1) is 0 Å². The molecule has 1 saturated carbocycles. The summed E-state index contributed by atoms with van der Waals surface area (Å²) in [5.41, 5.74) is 0.752. The average Bonchev–Trinajstić information content (AvgIpc) is 2.37. The van der Waals surface area contributed by atoms with Crippen LogP contribution in [0.25, 0.3) is 0 Å². The Morgan fingerprint density at radius 2 is 2.16 bits per heavy atom. The van der Waals surface area contributed by atoms with E-state index in [1.54, 1.807) is 6.92 Å². The van der Waals surface area contributed by atoms with E-state index in [1.807, 2.05) is 0 Å². The number of carbonyl (C=O) groups is 1. The molecule has 4 heteroatoms. The van der Waals surface area contributed by atoms with Gasteiger partial charge in [0, 0.05) is 24.5 Å². The molecule has 2 atom stereocenters. The predicted molar refractivity (Wildman–Crippen MR) is 75.3 cm³/mol. The van der Waals surface area contributed by atoms with Crippen LogP contribution in [0.3, 0.4) is 0 Å². The Labute approximate surface area is 113 Å². The molecule has 4 nitrogen and oxygen atoms in total. The molecule has 1 heterocycles. The predicted octanol–water partition coefficient (Wildman–Crippen LogP) is 2.24. The zero-order chi connectivity index (χ0) is 13.8. The van der Waals surface area contributed by atoms with Gasteiger partial charge in [-0.1, -0.05) is 26.2 Å². The molecular formula is C15H22N2O2. The van der Waals surface area contributed by atoms with Crippen molar-refractivity contribution >= 4 is 5.91 Å². The maximum Gasteiger partial charge on any atom is 0.256 e. The normalized spacial score (nSPS) is 23.1. The highest BCUT2D eigenvalue weighted by Gasteiger charge is 2.22. The molecule has 1 aliphatic carbocycles. The van der Waals surface area contributed by atoms with Crippen LogP contribution in [-0.4, -0.2) is 17.4 Å². The number of aromatic amines is 1. The van der Waals surface area contributed by atoms with Gasteiger partial charge in [0.2, 0.25) is 0 Å². The zero-order valence-electron chi connectivity index (χ0n) is 11.7. The van der Waals surface area contributed by atoms with Crippen LogP contribution >= 0.6 is 0 Å². The van der Waals surface area contributed by atoms with Crippen LogP contribution in [0.15, 0.2) is 17.1 Å². The van der Waals surface area contributed by atoms with Crippen molar-refractivity contribution in [2.45, 2.75) is 39.5 Å². The number of amides is 1. The Hall–Kier alpha value is -1.58. The van der Waals surface area contributed by atoms with Crippen molar-refractivity contribution in [3.63, 3.8) is 0 Å². The van der Waals surface area contributed by atoms with Gasteiger partial charge in [-0.25, -0.2) is 0 Å². The lowest BCUT2D eigenvalue weighted by Gasteiger charge is -2.28. The van der Waals surface area contributed by atoms with E-state index in [2.05, 4.69) is 17.2 Å². The van der Waals surface area contributed by atoms with E-state index < -0.39 is 0 Å². The van der Waals surface area contributed by atoms with E-state index in [1.165, 1.54) is 37.9 Å². The first-order valence-electron chi connectivity index (χ1n) is 7.05. The standard InChI is InChI=1S/C15H22N2O2/c1-10-5-3-4-6-12(10)8-17-15(19)13-9-16-11(2)7-14(13)18/h7,9-10,12H,3-6,8H2,1-2H3,(H,16,18)(H,17,19). The number of carbonyl (C=O) groups excluding carboxylic acids is 1. The molecule has 1 amide bonds. The second-order valence-electron chi connectivity index (χ2n) is 5.63. The van der Waals surface area contributed by atoms with Crippen molar-refractivity contribution in [2.24, 2.45) is 11.8 Å². The summed E-state index contributed by atoms with van der Waals surface area (Å²) in [6.45, 7) is 4.72. The van der Waals surface area contributed by atoms with Gasteiger partial charge in [0.05, 0.1) is 0 Å². The molecule has 2 unspecified atom stereocenters. The van der Waals surface area contributed by atoms with Gasteiger partial charge < -0.3 is 10.3 Å². The minimum absolute atomic E-state index is 0.203. The maximum atomic E-state index is 12.0. The number of hydrogen-bond donors (Lipinski definition) is 2. The minimum Gasteiger partial charge on any atom is -0.364 e. The molecule has 104 valence electrons. The van der Waals surface area contributed by atoms with Gasteiger partial charge in [-0.2, -0.15) is 0 Å². The SMILES string of the molecule is Cc1cc(=O)c(C(=O)NCC2CCCCC2C)c[nH]1. The summed E-state index contributed by atoms with van der Waals surface area (Å²) >= 11 is 0. The van der Waals surface area contributed by atoms with Crippen molar-refractivity contribution in [1.82, 2.24) is 10.3 Å².